The Bertz CT molecular complexity index is 1250. The molecule has 0 radical (unpaired) electrons. The number of amides is 2. The van der Waals surface area contributed by atoms with Crippen molar-refractivity contribution in [3.05, 3.63) is 78.1 Å². The molecule has 2 amide bonds. The fourth-order valence-corrected chi connectivity index (χ4v) is 5.26. The monoisotopic (exact) mass is 488 g/mol. The fraction of sp³-hybridized carbons (Fsp3) is 0.310. The second-order valence-corrected chi connectivity index (χ2v) is 9.56. The van der Waals surface area contributed by atoms with E-state index >= 15 is 0 Å². The van der Waals surface area contributed by atoms with E-state index in [1.807, 2.05) is 18.2 Å². The number of carboxylic acids is 1. The van der Waals surface area contributed by atoms with Gasteiger partial charge in [-0.1, -0.05) is 36.4 Å². The highest BCUT2D eigenvalue weighted by Gasteiger charge is 2.26. The van der Waals surface area contributed by atoms with E-state index in [0.29, 0.717) is 42.1 Å². The maximum atomic E-state index is 13.5. The van der Waals surface area contributed by atoms with Crippen LogP contribution in [0.5, 0.6) is 5.75 Å². The van der Waals surface area contributed by atoms with Gasteiger partial charge in [0.15, 0.2) is 0 Å². The van der Waals surface area contributed by atoms with Crippen molar-refractivity contribution in [3.8, 4) is 16.9 Å². The smallest absolute Gasteiger partial charge is 0.326 e. The molecule has 1 heterocycles. The van der Waals surface area contributed by atoms with Crippen molar-refractivity contribution < 1.29 is 23.8 Å². The van der Waals surface area contributed by atoms with Crippen LogP contribution in [0.2, 0.25) is 0 Å². The zero-order valence-corrected chi connectivity index (χ0v) is 20.0. The average Bonchev–Trinajstić information content (AvgIpc) is 2.88. The lowest BCUT2D eigenvalue weighted by molar-refractivity contribution is -0.138. The van der Waals surface area contributed by atoms with Gasteiger partial charge in [-0.25, -0.2) is 9.18 Å². The van der Waals surface area contributed by atoms with Gasteiger partial charge in [-0.15, -0.1) is 0 Å². The lowest BCUT2D eigenvalue weighted by Gasteiger charge is -2.30. The third-order valence-corrected chi connectivity index (χ3v) is 7.17. The Kier molecular flexibility index (Phi) is 6.89. The van der Waals surface area contributed by atoms with Gasteiger partial charge in [0, 0.05) is 12.1 Å². The zero-order chi connectivity index (χ0) is 25.1. The topological polar surface area (TPSA) is 78.9 Å². The summed E-state index contributed by atoms with van der Waals surface area (Å²) in [6.07, 6.45) is 4.25. The number of hydrogen-bond donors (Lipinski definition) is 2. The van der Waals surface area contributed by atoms with Crippen molar-refractivity contribution in [3.63, 3.8) is 0 Å². The standard InChI is InChI=1S/C29H29FN2O4/c30-24-2-1-3-25(18-24)31-29(35)32-14-15-36-27-17-23(12-13-26(27)32)22-10-8-21(9-11-22)20-6-4-19(5-7-20)16-28(33)34/h1-3,8-13,17-20H,4-7,14-16H2,(H,31,35)(H,33,34)/t19-,20-. The van der Waals surface area contributed by atoms with Crippen molar-refractivity contribution in [2.75, 3.05) is 23.4 Å². The van der Waals surface area contributed by atoms with Crippen LogP contribution in [0, 0.1) is 11.7 Å². The van der Waals surface area contributed by atoms with E-state index in [-0.39, 0.29) is 12.5 Å². The molecule has 1 saturated carbocycles. The minimum atomic E-state index is -0.702. The number of nitrogens with zero attached hydrogens (tertiary/aromatic N) is 1. The van der Waals surface area contributed by atoms with Crippen LogP contribution in [-0.4, -0.2) is 30.3 Å². The van der Waals surface area contributed by atoms with E-state index in [1.54, 1.807) is 17.0 Å². The van der Waals surface area contributed by atoms with Crippen molar-refractivity contribution in [1.29, 1.82) is 0 Å². The Hall–Kier alpha value is -3.87. The minimum Gasteiger partial charge on any atom is -0.490 e. The molecule has 3 aromatic carbocycles. The quantitative estimate of drug-likeness (QED) is 0.420. The van der Waals surface area contributed by atoms with E-state index in [4.69, 9.17) is 9.84 Å². The third kappa shape index (κ3) is 5.35. The first-order chi connectivity index (χ1) is 17.5. The van der Waals surface area contributed by atoms with Crippen LogP contribution in [0.3, 0.4) is 0 Å². The van der Waals surface area contributed by atoms with Gasteiger partial charge in [-0.2, -0.15) is 0 Å². The van der Waals surface area contributed by atoms with Crippen molar-refractivity contribution in [2.45, 2.75) is 38.0 Å². The van der Waals surface area contributed by atoms with E-state index in [2.05, 4.69) is 29.6 Å². The van der Waals surface area contributed by atoms with Gasteiger partial charge in [-0.3, -0.25) is 9.69 Å². The van der Waals surface area contributed by atoms with E-state index in [9.17, 15) is 14.0 Å². The summed E-state index contributed by atoms with van der Waals surface area (Å²) >= 11 is 0. The average molecular weight is 489 g/mol. The Balaban J connectivity index is 1.27. The molecule has 0 bridgehead atoms. The Morgan fingerprint density at radius 3 is 2.44 bits per heavy atom. The number of carbonyl (C=O) groups excluding carboxylic acids is 1. The number of fused-ring (bicyclic) bond motifs is 1. The summed E-state index contributed by atoms with van der Waals surface area (Å²) < 4.78 is 19.4. The molecular weight excluding hydrogens is 459 g/mol. The van der Waals surface area contributed by atoms with E-state index in [0.717, 1.165) is 36.8 Å². The van der Waals surface area contributed by atoms with Gasteiger partial charge < -0.3 is 15.2 Å². The Morgan fingerprint density at radius 1 is 0.972 bits per heavy atom. The fourth-order valence-electron chi connectivity index (χ4n) is 5.26. The van der Waals surface area contributed by atoms with Crippen molar-refractivity contribution in [1.82, 2.24) is 0 Å². The summed E-state index contributed by atoms with van der Waals surface area (Å²) in [4.78, 5) is 25.4. The molecule has 186 valence electrons. The lowest BCUT2D eigenvalue weighted by Crippen LogP contribution is -2.40. The third-order valence-electron chi connectivity index (χ3n) is 7.17. The maximum absolute atomic E-state index is 13.5. The number of carboxylic acid groups (broad SMARTS) is 1. The number of ether oxygens (including phenoxy) is 1. The number of anilines is 2. The molecule has 2 aliphatic rings. The predicted octanol–water partition coefficient (Wildman–Crippen LogP) is 6.67. The van der Waals surface area contributed by atoms with Gasteiger partial charge in [0.05, 0.1) is 12.2 Å². The van der Waals surface area contributed by atoms with Crippen LogP contribution in [-0.2, 0) is 4.79 Å². The molecular formula is C29H29FN2O4. The van der Waals surface area contributed by atoms with Crippen molar-refractivity contribution >= 4 is 23.4 Å². The predicted molar refractivity (Wildman–Crippen MR) is 137 cm³/mol. The van der Waals surface area contributed by atoms with E-state index < -0.39 is 11.8 Å². The number of rotatable bonds is 5. The zero-order valence-electron chi connectivity index (χ0n) is 20.0. The highest BCUT2D eigenvalue weighted by Crippen LogP contribution is 2.39. The molecule has 1 aliphatic carbocycles. The van der Waals surface area contributed by atoms with Gasteiger partial charge in [-0.05, 0) is 84.5 Å². The number of carbonyl (C=O) groups is 2. The van der Waals surface area contributed by atoms with Crippen LogP contribution in [0.4, 0.5) is 20.6 Å². The number of hydrogen-bond acceptors (Lipinski definition) is 3. The second-order valence-electron chi connectivity index (χ2n) is 9.56. The van der Waals surface area contributed by atoms with E-state index in [1.165, 1.54) is 17.7 Å². The largest absolute Gasteiger partial charge is 0.490 e. The van der Waals surface area contributed by atoms with Gasteiger partial charge >= 0.3 is 12.0 Å². The summed E-state index contributed by atoms with van der Waals surface area (Å²) in [6, 6.07) is 19.8. The van der Waals surface area contributed by atoms with Gasteiger partial charge in [0.25, 0.3) is 0 Å². The number of aliphatic carboxylic acids is 1. The molecule has 0 aromatic heterocycles. The molecule has 36 heavy (non-hydrogen) atoms. The molecule has 1 fully saturated rings. The van der Waals surface area contributed by atoms with Crippen LogP contribution >= 0.6 is 0 Å². The van der Waals surface area contributed by atoms with Gasteiger partial charge in [0.2, 0.25) is 0 Å². The molecule has 0 spiro atoms. The number of nitrogens with one attached hydrogen (secondary N) is 1. The molecule has 7 heteroatoms. The Labute approximate surface area is 209 Å². The van der Waals surface area contributed by atoms with Crippen LogP contribution in [0.1, 0.15) is 43.6 Å². The summed E-state index contributed by atoms with van der Waals surface area (Å²) in [6.45, 7) is 0.771. The summed E-state index contributed by atoms with van der Waals surface area (Å²) in [5.74, 6) is 0.294. The summed E-state index contributed by atoms with van der Waals surface area (Å²) in [5, 5.41) is 11.8. The number of urea groups is 1. The molecule has 0 atom stereocenters. The lowest BCUT2D eigenvalue weighted by atomic mass is 9.77. The normalized spacial score (nSPS) is 19.2. The van der Waals surface area contributed by atoms with Crippen LogP contribution in [0.25, 0.3) is 11.1 Å². The molecule has 0 unspecified atom stereocenters. The van der Waals surface area contributed by atoms with Gasteiger partial charge in [0.1, 0.15) is 18.2 Å². The first kappa shape index (κ1) is 23.9. The first-order valence-electron chi connectivity index (χ1n) is 12.4. The van der Waals surface area contributed by atoms with Crippen LogP contribution in [0.15, 0.2) is 66.7 Å². The second kappa shape index (κ2) is 10.4. The van der Waals surface area contributed by atoms with Crippen LogP contribution < -0.4 is 15.0 Å². The summed E-state index contributed by atoms with van der Waals surface area (Å²) in [5.41, 5.74) is 4.43. The SMILES string of the molecule is O=C(O)C[C@H]1CC[C@H](c2ccc(-c3ccc4c(c3)OCCN4C(=O)Nc3cccc(F)c3)cc2)CC1. The highest BCUT2D eigenvalue weighted by molar-refractivity contribution is 6.03. The molecule has 2 N–H and O–H groups in total. The van der Waals surface area contributed by atoms with Crippen molar-refractivity contribution in [2.24, 2.45) is 5.92 Å². The minimum absolute atomic E-state index is 0.274. The molecule has 5 rings (SSSR count). The highest BCUT2D eigenvalue weighted by atomic mass is 19.1. The summed E-state index contributed by atoms with van der Waals surface area (Å²) in [7, 11) is 0. The Morgan fingerprint density at radius 2 is 1.72 bits per heavy atom. The number of halogens is 1. The molecule has 0 saturated heterocycles. The number of benzene rings is 3. The maximum Gasteiger partial charge on any atom is 0.326 e. The molecule has 6 nitrogen and oxygen atoms in total. The molecule has 1 aliphatic heterocycles. The molecule has 3 aromatic rings. The first-order valence-corrected chi connectivity index (χ1v) is 12.4.